The maximum absolute atomic E-state index is 13.1. The van der Waals surface area contributed by atoms with Gasteiger partial charge in [-0.3, -0.25) is 0 Å². The summed E-state index contributed by atoms with van der Waals surface area (Å²) in [7, 11) is 1.75. The van der Waals surface area contributed by atoms with E-state index in [1.807, 2.05) is 0 Å². The third-order valence-corrected chi connectivity index (χ3v) is 3.61. The Kier molecular flexibility index (Phi) is 4.02. The molecule has 0 aromatic heterocycles. The van der Waals surface area contributed by atoms with Gasteiger partial charge in [-0.2, -0.15) is 0 Å². The molecule has 0 bridgehead atoms. The van der Waals surface area contributed by atoms with Crippen molar-refractivity contribution in [2.45, 2.75) is 31.4 Å². The van der Waals surface area contributed by atoms with Crippen molar-refractivity contribution in [2.24, 2.45) is 0 Å². The molecule has 1 aromatic carbocycles. The summed E-state index contributed by atoms with van der Waals surface area (Å²) in [4.78, 5) is 0. The molecule has 0 aliphatic heterocycles. The fraction of sp³-hybridized carbons (Fsp3) is 0.538. The van der Waals surface area contributed by atoms with E-state index >= 15 is 0 Å². The first-order valence-electron chi connectivity index (χ1n) is 5.84. The van der Waals surface area contributed by atoms with Crippen molar-refractivity contribution in [3.63, 3.8) is 0 Å². The molecule has 2 rings (SSSR count). The van der Waals surface area contributed by atoms with E-state index in [4.69, 9.17) is 16.3 Å². The Morgan fingerprint density at radius 1 is 1.41 bits per heavy atom. The molecule has 0 amide bonds. The van der Waals surface area contributed by atoms with Crippen LogP contribution < -0.4 is 5.32 Å². The Morgan fingerprint density at radius 2 is 2.18 bits per heavy atom. The Balaban J connectivity index is 1.85. The van der Waals surface area contributed by atoms with Crippen LogP contribution in [-0.2, 0) is 11.3 Å². The monoisotopic (exact) mass is 257 g/mol. The van der Waals surface area contributed by atoms with E-state index in [2.05, 4.69) is 5.32 Å². The highest BCUT2D eigenvalue weighted by Gasteiger charge is 2.36. The van der Waals surface area contributed by atoms with Gasteiger partial charge in [-0.05, 0) is 43.0 Å². The third-order valence-electron chi connectivity index (χ3n) is 3.40. The van der Waals surface area contributed by atoms with Crippen molar-refractivity contribution in [2.75, 3.05) is 13.7 Å². The summed E-state index contributed by atoms with van der Waals surface area (Å²) in [6.07, 6.45) is 3.42. The van der Waals surface area contributed by atoms with Crippen molar-refractivity contribution < 1.29 is 9.13 Å². The molecular weight excluding hydrogens is 241 g/mol. The van der Waals surface area contributed by atoms with E-state index in [1.165, 1.54) is 18.6 Å². The average molecular weight is 258 g/mol. The largest absolute Gasteiger partial charge is 0.377 e. The van der Waals surface area contributed by atoms with Crippen LogP contribution in [0.15, 0.2) is 18.2 Å². The van der Waals surface area contributed by atoms with Crippen molar-refractivity contribution >= 4 is 11.6 Å². The molecule has 1 saturated carbocycles. The molecule has 0 atom stereocenters. The molecule has 2 nitrogen and oxygen atoms in total. The summed E-state index contributed by atoms with van der Waals surface area (Å²) < 4.78 is 18.6. The zero-order chi connectivity index (χ0) is 12.3. The van der Waals surface area contributed by atoms with Crippen LogP contribution in [0, 0.1) is 5.82 Å². The van der Waals surface area contributed by atoms with Gasteiger partial charge in [-0.25, -0.2) is 4.39 Å². The molecule has 1 N–H and O–H groups in total. The van der Waals surface area contributed by atoms with Crippen LogP contribution in [-0.4, -0.2) is 19.3 Å². The lowest BCUT2D eigenvalue weighted by atomic mass is 9.80. The van der Waals surface area contributed by atoms with Gasteiger partial charge in [-0.1, -0.05) is 11.6 Å². The van der Waals surface area contributed by atoms with Crippen LogP contribution >= 0.6 is 11.6 Å². The number of ether oxygens (including phenoxy) is 1. The summed E-state index contributed by atoms with van der Waals surface area (Å²) in [5, 5.41) is 3.74. The molecular formula is C13H17ClFNO. The number of methoxy groups -OCH3 is 1. The van der Waals surface area contributed by atoms with Crippen LogP contribution in [0.3, 0.4) is 0 Å². The lowest BCUT2D eigenvalue weighted by Crippen LogP contribution is -2.47. The topological polar surface area (TPSA) is 21.3 Å². The van der Waals surface area contributed by atoms with E-state index in [9.17, 15) is 4.39 Å². The Bertz CT molecular complexity index is 367. The zero-order valence-corrected chi connectivity index (χ0v) is 10.7. The second-order valence-electron chi connectivity index (χ2n) is 4.62. The first kappa shape index (κ1) is 12.8. The lowest BCUT2D eigenvalue weighted by molar-refractivity contribution is -0.0695. The van der Waals surface area contributed by atoms with Gasteiger partial charge in [0.25, 0.3) is 0 Å². The molecule has 0 unspecified atom stereocenters. The van der Waals surface area contributed by atoms with Crippen molar-refractivity contribution in [3.8, 4) is 0 Å². The highest BCUT2D eigenvalue weighted by molar-refractivity contribution is 6.30. The number of hydrogen-bond donors (Lipinski definition) is 1. The predicted octanol–water partition coefficient (Wildman–Crippen LogP) is 3.14. The summed E-state index contributed by atoms with van der Waals surface area (Å²) in [5.41, 5.74) is 0.859. The lowest BCUT2D eigenvalue weighted by Gasteiger charge is -2.40. The van der Waals surface area contributed by atoms with Crippen molar-refractivity contribution in [3.05, 3.63) is 34.6 Å². The molecule has 0 saturated heterocycles. The maximum Gasteiger partial charge on any atom is 0.125 e. The number of halogens is 2. The minimum atomic E-state index is -0.292. The fourth-order valence-corrected chi connectivity index (χ4v) is 2.42. The predicted molar refractivity (Wildman–Crippen MR) is 66.7 cm³/mol. The molecule has 0 radical (unpaired) electrons. The third kappa shape index (κ3) is 3.18. The highest BCUT2D eigenvalue weighted by Crippen LogP contribution is 2.34. The summed E-state index contributed by atoms with van der Waals surface area (Å²) in [6, 6.07) is 4.59. The zero-order valence-electron chi connectivity index (χ0n) is 9.93. The summed E-state index contributed by atoms with van der Waals surface area (Å²) >= 11 is 5.79. The van der Waals surface area contributed by atoms with E-state index < -0.39 is 0 Å². The fourth-order valence-electron chi connectivity index (χ4n) is 2.17. The van der Waals surface area contributed by atoms with Crippen LogP contribution in [0.4, 0.5) is 4.39 Å². The smallest absolute Gasteiger partial charge is 0.125 e. The first-order valence-corrected chi connectivity index (χ1v) is 6.22. The van der Waals surface area contributed by atoms with E-state index in [1.54, 1.807) is 13.2 Å². The number of benzene rings is 1. The van der Waals surface area contributed by atoms with Gasteiger partial charge in [0.15, 0.2) is 0 Å². The standard InChI is InChI=1S/C13H17ClFNO/c1-17-13(3-2-4-13)9-16-8-10-5-11(14)7-12(15)6-10/h5-7,16H,2-4,8-9H2,1H3. The van der Waals surface area contributed by atoms with Crippen molar-refractivity contribution in [1.29, 1.82) is 0 Å². The Morgan fingerprint density at radius 3 is 2.71 bits per heavy atom. The van der Waals surface area contributed by atoms with Gasteiger partial charge in [-0.15, -0.1) is 0 Å². The summed E-state index contributed by atoms with van der Waals surface area (Å²) in [5.74, 6) is -0.292. The normalized spacial score (nSPS) is 17.8. The van der Waals surface area contributed by atoms with Crippen LogP contribution in [0.5, 0.6) is 0 Å². The number of hydrogen-bond acceptors (Lipinski definition) is 2. The minimum absolute atomic E-state index is 0.00286. The molecule has 17 heavy (non-hydrogen) atoms. The van der Waals surface area contributed by atoms with Crippen LogP contribution in [0.25, 0.3) is 0 Å². The summed E-state index contributed by atoms with van der Waals surface area (Å²) in [6.45, 7) is 1.42. The molecule has 4 heteroatoms. The van der Waals surface area contributed by atoms with E-state index in [0.717, 1.165) is 24.9 Å². The molecule has 0 heterocycles. The highest BCUT2D eigenvalue weighted by atomic mass is 35.5. The van der Waals surface area contributed by atoms with Gasteiger partial charge in [0.2, 0.25) is 0 Å². The number of nitrogens with one attached hydrogen (secondary N) is 1. The quantitative estimate of drug-likeness (QED) is 0.875. The first-order chi connectivity index (χ1) is 8.13. The van der Waals surface area contributed by atoms with Crippen molar-refractivity contribution in [1.82, 2.24) is 5.32 Å². The van der Waals surface area contributed by atoms with Crippen LogP contribution in [0.1, 0.15) is 24.8 Å². The maximum atomic E-state index is 13.1. The van der Waals surface area contributed by atoms with E-state index in [0.29, 0.717) is 11.6 Å². The second-order valence-corrected chi connectivity index (χ2v) is 5.06. The van der Waals surface area contributed by atoms with Gasteiger partial charge in [0.1, 0.15) is 5.82 Å². The van der Waals surface area contributed by atoms with Gasteiger partial charge in [0.05, 0.1) is 5.60 Å². The average Bonchev–Trinajstić information content (AvgIpc) is 2.20. The Labute approximate surface area is 106 Å². The SMILES string of the molecule is COC1(CNCc2cc(F)cc(Cl)c2)CCC1. The molecule has 1 aliphatic rings. The van der Waals surface area contributed by atoms with Gasteiger partial charge >= 0.3 is 0 Å². The minimum Gasteiger partial charge on any atom is -0.377 e. The van der Waals surface area contributed by atoms with Gasteiger partial charge in [0, 0.05) is 25.2 Å². The Hall–Kier alpha value is -0.640. The van der Waals surface area contributed by atoms with E-state index in [-0.39, 0.29) is 11.4 Å². The molecule has 1 aliphatic carbocycles. The molecule has 1 fully saturated rings. The van der Waals surface area contributed by atoms with Crippen LogP contribution in [0.2, 0.25) is 5.02 Å². The molecule has 94 valence electrons. The molecule has 0 spiro atoms. The van der Waals surface area contributed by atoms with Gasteiger partial charge < -0.3 is 10.1 Å². The number of rotatable bonds is 5. The molecule has 1 aromatic rings. The second kappa shape index (κ2) is 5.34.